The number of carbonyl (C=O) groups excluding carboxylic acids is 1. The minimum Gasteiger partial charge on any atom is -0.290 e. The molecule has 0 fully saturated rings. The maximum Gasteiger partial charge on any atom is 0.177 e. The maximum absolute atomic E-state index is 9.61. The standard InChI is InChI=1S/C3H4OP/c1-2-3(4)5/h2,5H,1H2. The predicted molar refractivity (Wildman–Crippen MR) is 23.5 cm³/mol. The van der Waals surface area contributed by atoms with Gasteiger partial charge >= 0.3 is 0 Å². The van der Waals surface area contributed by atoms with Crippen LogP contribution in [0.3, 0.4) is 0 Å². The Bertz CT molecular complexity index is 57.9. The first-order valence-electron chi connectivity index (χ1n) is 1.15. The van der Waals surface area contributed by atoms with Crippen LogP contribution in [0.15, 0.2) is 12.7 Å². The summed E-state index contributed by atoms with van der Waals surface area (Å²) in [7, 11) is 2.66. The fraction of sp³-hybridized carbons (Fsp3) is 0. The van der Waals surface area contributed by atoms with E-state index in [0.29, 0.717) is 0 Å². The molecule has 0 spiro atoms. The molecule has 0 heterocycles. The number of hydrogen-bond donors (Lipinski definition) is 0. The predicted octanol–water partition coefficient (Wildman–Crippen LogP) is 0.842. The SMILES string of the molecule is C=CC(=O)[PH]. The van der Waals surface area contributed by atoms with Gasteiger partial charge in [0.05, 0.1) is 0 Å². The summed E-state index contributed by atoms with van der Waals surface area (Å²) < 4.78 is 0. The van der Waals surface area contributed by atoms with Gasteiger partial charge in [-0.05, 0) is 15.3 Å². The summed E-state index contributed by atoms with van der Waals surface area (Å²) in [5, 5.41) is 0. The number of hydrogen-bond acceptors (Lipinski definition) is 1. The van der Waals surface area contributed by atoms with Crippen molar-refractivity contribution in [2.75, 3.05) is 0 Å². The second-order valence-electron chi connectivity index (χ2n) is 0.568. The summed E-state index contributed by atoms with van der Waals surface area (Å²) in [6.07, 6.45) is 1.19. The summed E-state index contributed by atoms with van der Waals surface area (Å²) in [5.41, 5.74) is -0.176. The molecule has 0 saturated carbocycles. The first-order valence-corrected chi connectivity index (χ1v) is 1.65. The van der Waals surface area contributed by atoms with E-state index in [1.807, 2.05) is 0 Å². The van der Waals surface area contributed by atoms with Gasteiger partial charge in [-0.2, -0.15) is 0 Å². The van der Waals surface area contributed by atoms with Crippen molar-refractivity contribution in [2.45, 2.75) is 0 Å². The monoisotopic (exact) mass is 87.0 g/mol. The average molecular weight is 87.0 g/mol. The third kappa shape index (κ3) is 3.84. The van der Waals surface area contributed by atoms with Crippen LogP contribution in [0, 0.1) is 0 Å². The highest BCUT2D eigenvalue weighted by molar-refractivity contribution is 7.40. The molecular formula is C3H4OP. The normalized spacial score (nSPS) is 6.60. The summed E-state index contributed by atoms with van der Waals surface area (Å²) in [6, 6.07) is 0. The average Bonchev–Trinajstić information content (AvgIpc) is 1.38. The highest BCUT2D eigenvalue weighted by Gasteiger charge is 1.70. The zero-order valence-corrected chi connectivity index (χ0v) is 3.69. The van der Waals surface area contributed by atoms with Crippen molar-refractivity contribution in [1.29, 1.82) is 0 Å². The van der Waals surface area contributed by atoms with E-state index in [1.165, 1.54) is 6.08 Å². The lowest BCUT2D eigenvalue weighted by molar-refractivity contribution is -0.107. The van der Waals surface area contributed by atoms with Crippen LogP contribution < -0.4 is 0 Å². The molecule has 0 atom stereocenters. The van der Waals surface area contributed by atoms with E-state index in [1.54, 1.807) is 0 Å². The minimum atomic E-state index is -0.176. The topological polar surface area (TPSA) is 17.1 Å². The first-order chi connectivity index (χ1) is 2.27. The molecule has 0 aliphatic heterocycles. The highest BCUT2D eigenvalue weighted by atomic mass is 31.0. The van der Waals surface area contributed by atoms with Crippen molar-refractivity contribution in [3.05, 3.63) is 12.7 Å². The van der Waals surface area contributed by atoms with Gasteiger partial charge in [0, 0.05) is 0 Å². The summed E-state index contributed by atoms with van der Waals surface area (Å²) >= 11 is 0. The molecule has 0 N–H and O–H groups in total. The first kappa shape index (κ1) is 4.84. The van der Waals surface area contributed by atoms with E-state index in [0.717, 1.165) is 0 Å². The Morgan fingerprint density at radius 3 is 2.20 bits per heavy atom. The van der Waals surface area contributed by atoms with Crippen LogP contribution in [0.5, 0.6) is 0 Å². The molecule has 27 valence electrons. The van der Waals surface area contributed by atoms with Crippen molar-refractivity contribution in [3.8, 4) is 0 Å². The molecule has 1 radical (unpaired) electrons. The number of rotatable bonds is 1. The van der Waals surface area contributed by atoms with Crippen molar-refractivity contribution in [3.63, 3.8) is 0 Å². The third-order valence-corrected chi connectivity index (χ3v) is 0.390. The quantitative estimate of drug-likeness (QED) is 0.342. The molecule has 0 saturated heterocycles. The van der Waals surface area contributed by atoms with E-state index in [2.05, 4.69) is 15.8 Å². The third-order valence-electron chi connectivity index (χ3n) is 0.185. The highest BCUT2D eigenvalue weighted by Crippen LogP contribution is 1.80. The Morgan fingerprint density at radius 1 is 2.00 bits per heavy atom. The Labute approximate surface area is 33.3 Å². The van der Waals surface area contributed by atoms with E-state index < -0.39 is 0 Å². The Hall–Kier alpha value is -0.160. The van der Waals surface area contributed by atoms with Crippen LogP contribution in [-0.4, -0.2) is 5.52 Å². The van der Waals surface area contributed by atoms with Gasteiger partial charge in [-0.3, -0.25) is 4.79 Å². The van der Waals surface area contributed by atoms with E-state index in [4.69, 9.17) is 0 Å². The Kier molecular flexibility index (Phi) is 2.03. The van der Waals surface area contributed by atoms with Gasteiger partial charge in [0.25, 0.3) is 0 Å². The molecule has 0 aliphatic carbocycles. The van der Waals surface area contributed by atoms with E-state index >= 15 is 0 Å². The van der Waals surface area contributed by atoms with Gasteiger partial charge in [0.2, 0.25) is 0 Å². The fourth-order valence-corrected chi connectivity index (χ4v) is 0. The van der Waals surface area contributed by atoms with Crippen molar-refractivity contribution < 1.29 is 4.79 Å². The van der Waals surface area contributed by atoms with E-state index in [9.17, 15) is 4.79 Å². The zero-order valence-electron chi connectivity index (χ0n) is 2.69. The molecule has 0 aliphatic rings. The van der Waals surface area contributed by atoms with Crippen molar-refractivity contribution >= 4 is 14.8 Å². The van der Waals surface area contributed by atoms with Gasteiger partial charge in [-0.1, -0.05) is 6.58 Å². The zero-order chi connectivity index (χ0) is 4.28. The van der Waals surface area contributed by atoms with Crippen molar-refractivity contribution in [2.24, 2.45) is 0 Å². The molecule has 5 heavy (non-hydrogen) atoms. The molecule has 0 unspecified atom stereocenters. The lowest BCUT2D eigenvalue weighted by atomic mass is 10.7. The maximum atomic E-state index is 9.61. The molecule has 0 aromatic rings. The second-order valence-corrected chi connectivity index (χ2v) is 1.06. The van der Waals surface area contributed by atoms with Gasteiger partial charge in [0.15, 0.2) is 5.52 Å². The molecule has 0 aromatic heterocycles. The molecule has 1 nitrogen and oxygen atoms in total. The molecule has 0 bridgehead atoms. The summed E-state index contributed by atoms with van der Waals surface area (Å²) in [6.45, 7) is 3.16. The van der Waals surface area contributed by atoms with Gasteiger partial charge in [0.1, 0.15) is 0 Å². The molecule has 0 aromatic carbocycles. The second kappa shape index (κ2) is 2.10. The van der Waals surface area contributed by atoms with Crippen LogP contribution in [0.4, 0.5) is 0 Å². The largest absolute Gasteiger partial charge is 0.290 e. The molecular weight excluding hydrogens is 83.0 g/mol. The Morgan fingerprint density at radius 2 is 2.20 bits per heavy atom. The van der Waals surface area contributed by atoms with Crippen LogP contribution in [0.1, 0.15) is 0 Å². The summed E-state index contributed by atoms with van der Waals surface area (Å²) in [5.74, 6) is 0. The molecule has 0 rings (SSSR count). The smallest absolute Gasteiger partial charge is 0.177 e. The van der Waals surface area contributed by atoms with Crippen LogP contribution in [-0.2, 0) is 4.79 Å². The van der Waals surface area contributed by atoms with Crippen LogP contribution in [0.2, 0.25) is 0 Å². The minimum absolute atomic E-state index is 0.176. The van der Waals surface area contributed by atoms with Crippen LogP contribution >= 0.6 is 9.24 Å². The molecule has 0 amide bonds. The Balaban J connectivity index is 3.20. The lowest BCUT2D eigenvalue weighted by Crippen LogP contribution is -1.66. The van der Waals surface area contributed by atoms with Gasteiger partial charge in [-0.25, -0.2) is 0 Å². The number of allylic oxidation sites excluding steroid dienone is 1. The van der Waals surface area contributed by atoms with Gasteiger partial charge < -0.3 is 0 Å². The van der Waals surface area contributed by atoms with E-state index in [-0.39, 0.29) is 5.52 Å². The van der Waals surface area contributed by atoms with Crippen LogP contribution in [0.25, 0.3) is 0 Å². The van der Waals surface area contributed by atoms with Crippen molar-refractivity contribution in [1.82, 2.24) is 0 Å². The number of carbonyl (C=O) groups is 1. The lowest BCUT2D eigenvalue weighted by Gasteiger charge is -1.61. The van der Waals surface area contributed by atoms with Gasteiger partial charge in [-0.15, -0.1) is 0 Å². The summed E-state index contributed by atoms with van der Waals surface area (Å²) in [4.78, 5) is 9.61. The fourth-order valence-electron chi connectivity index (χ4n) is 0. The molecule has 2 heteroatoms.